The van der Waals surface area contributed by atoms with E-state index in [1.807, 2.05) is 13.0 Å². The summed E-state index contributed by atoms with van der Waals surface area (Å²) < 4.78 is 27.8. The van der Waals surface area contributed by atoms with Crippen LogP contribution in [0.3, 0.4) is 0 Å². The van der Waals surface area contributed by atoms with Gasteiger partial charge in [-0.2, -0.15) is 16.1 Å². The number of thiophene rings is 2. The molecule has 1 N–H and O–H groups in total. The highest BCUT2D eigenvalue weighted by Gasteiger charge is 2.31. The topological polar surface area (TPSA) is 66.5 Å². The van der Waals surface area contributed by atoms with Crippen molar-refractivity contribution in [3.05, 3.63) is 37.7 Å². The standard InChI is InChI=1S/C15H17ClN2O3S4/c1-10(11-2-3-13(16)24-11)17-15(19)14-12(4-7-23-14)25(20,21)18-5-8-22-9-6-18/h2-4,7,10H,5-6,8-9H2,1H3,(H,17,19). The van der Waals surface area contributed by atoms with E-state index in [0.29, 0.717) is 17.4 Å². The highest BCUT2D eigenvalue weighted by atomic mass is 35.5. The molecule has 10 heteroatoms. The van der Waals surface area contributed by atoms with E-state index in [1.54, 1.807) is 23.2 Å². The monoisotopic (exact) mass is 436 g/mol. The van der Waals surface area contributed by atoms with Crippen LogP contribution in [0.5, 0.6) is 0 Å². The largest absolute Gasteiger partial charge is 0.344 e. The third-order valence-corrected chi connectivity index (χ3v) is 9.13. The fourth-order valence-electron chi connectivity index (χ4n) is 2.49. The summed E-state index contributed by atoms with van der Waals surface area (Å²) in [4.78, 5) is 13.9. The van der Waals surface area contributed by atoms with Crippen molar-refractivity contribution in [2.24, 2.45) is 0 Å². The molecule has 25 heavy (non-hydrogen) atoms. The van der Waals surface area contributed by atoms with Crippen LogP contribution in [0.25, 0.3) is 0 Å². The van der Waals surface area contributed by atoms with Gasteiger partial charge >= 0.3 is 0 Å². The first-order chi connectivity index (χ1) is 11.9. The number of rotatable bonds is 5. The van der Waals surface area contributed by atoms with Crippen molar-refractivity contribution in [3.63, 3.8) is 0 Å². The van der Waals surface area contributed by atoms with Crippen LogP contribution < -0.4 is 5.32 Å². The number of amides is 1. The van der Waals surface area contributed by atoms with Crippen LogP contribution in [-0.4, -0.2) is 43.2 Å². The second-order valence-electron chi connectivity index (χ2n) is 5.47. The number of halogens is 1. The third-order valence-electron chi connectivity index (χ3n) is 3.79. The van der Waals surface area contributed by atoms with Gasteiger partial charge in [-0.05, 0) is 30.5 Å². The number of hydrogen-bond donors (Lipinski definition) is 1. The summed E-state index contributed by atoms with van der Waals surface area (Å²) in [5, 5.41) is 4.51. The van der Waals surface area contributed by atoms with Crippen molar-refractivity contribution in [1.29, 1.82) is 0 Å². The fraction of sp³-hybridized carbons (Fsp3) is 0.400. The third kappa shape index (κ3) is 4.23. The van der Waals surface area contributed by atoms with Crippen LogP contribution in [0.15, 0.2) is 28.5 Å². The minimum atomic E-state index is -3.64. The maximum atomic E-state index is 12.9. The van der Waals surface area contributed by atoms with Crippen LogP contribution in [0.1, 0.15) is 27.5 Å². The number of carbonyl (C=O) groups excluding carboxylic acids is 1. The van der Waals surface area contributed by atoms with Gasteiger partial charge in [0.25, 0.3) is 5.91 Å². The van der Waals surface area contributed by atoms with E-state index in [2.05, 4.69) is 5.32 Å². The Labute approximate surface area is 164 Å². The summed E-state index contributed by atoms with van der Waals surface area (Å²) in [5.41, 5.74) is 0. The van der Waals surface area contributed by atoms with Crippen LogP contribution in [0.2, 0.25) is 4.34 Å². The molecule has 1 aliphatic heterocycles. The van der Waals surface area contributed by atoms with Gasteiger partial charge in [0.05, 0.1) is 10.4 Å². The summed E-state index contributed by atoms with van der Waals surface area (Å²) in [6.07, 6.45) is 0. The predicted molar refractivity (Wildman–Crippen MR) is 106 cm³/mol. The second-order valence-corrected chi connectivity index (χ2v) is 11.3. The molecule has 1 saturated heterocycles. The van der Waals surface area contributed by atoms with Gasteiger partial charge in [0, 0.05) is 29.5 Å². The van der Waals surface area contributed by atoms with Crippen LogP contribution in [0, 0.1) is 0 Å². The Morgan fingerprint density at radius 3 is 2.64 bits per heavy atom. The first kappa shape index (κ1) is 19.2. The zero-order chi connectivity index (χ0) is 18.0. The van der Waals surface area contributed by atoms with Gasteiger partial charge in [-0.3, -0.25) is 4.79 Å². The van der Waals surface area contributed by atoms with Crippen molar-refractivity contribution in [2.45, 2.75) is 17.9 Å². The summed E-state index contributed by atoms with van der Waals surface area (Å²) in [7, 11) is -3.64. The molecule has 1 aliphatic rings. The Bertz CT molecular complexity index is 856. The molecule has 1 amide bonds. The first-order valence-corrected chi connectivity index (χ1v) is 12.3. The zero-order valence-corrected chi connectivity index (χ0v) is 17.4. The summed E-state index contributed by atoms with van der Waals surface area (Å²) in [6, 6.07) is 4.91. The molecule has 2 aromatic heterocycles. The Morgan fingerprint density at radius 1 is 1.28 bits per heavy atom. The molecule has 0 aromatic carbocycles. The molecule has 1 fully saturated rings. The number of sulfonamides is 1. The Morgan fingerprint density at radius 2 is 2.00 bits per heavy atom. The van der Waals surface area contributed by atoms with Gasteiger partial charge in [0.15, 0.2) is 0 Å². The first-order valence-electron chi connectivity index (χ1n) is 7.61. The highest BCUT2D eigenvalue weighted by molar-refractivity contribution is 7.99. The summed E-state index contributed by atoms with van der Waals surface area (Å²) in [5.74, 6) is 1.18. The van der Waals surface area contributed by atoms with Crippen molar-refractivity contribution < 1.29 is 13.2 Å². The molecule has 5 nitrogen and oxygen atoms in total. The Balaban J connectivity index is 1.79. The molecule has 0 saturated carbocycles. The SMILES string of the molecule is CC(NC(=O)c1sccc1S(=O)(=O)N1CCSCC1)c1ccc(Cl)s1. The Hall–Kier alpha value is -0.580. The van der Waals surface area contributed by atoms with Crippen molar-refractivity contribution >= 4 is 62.0 Å². The molecular weight excluding hydrogens is 420 g/mol. The minimum Gasteiger partial charge on any atom is -0.344 e. The lowest BCUT2D eigenvalue weighted by molar-refractivity contribution is 0.0941. The smallest absolute Gasteiger partial charge is 0.263 e. The van der Waals surface area contributed by atoms with E-state index < -0.39 is 10.0 Å². The number of carbonyl (C=O) groups is 1. The van der Waals surface area contributed by atoms with E-state index in [9.17, 15) is 13.2 Å². The molecule has 1 unspecified atom stereocenters. The van der Waals surface area contributed by atoms with E-state index >= 15 is 0 Å². The average molecular weight is 437 g/mol. The molecule has 0 aliphatic carbocycles. The van der Waals surface area contributed by atoms with Crippen molar-refractivity contribution in [2.75, 3.05) is 24.6 Å². The molecule has 3 rings (SSSR count). The number of nitrogens with zero attached hydrogens (tertiary/aromatic N) is 1. The van der Waals surface area contributed by atoms with E-state index in [1.165, 1.54) is 21.7 Å². The van der Waals surface area contributed by atoms with Crippen LogP contribution >= 0.6 is 46.0 Å². The molecule has 0 bridgehead atoms. The molecule has 2 aromatic rings. The number of nitrogens with one attached hydrogen (secondary N) is 1. The van der Waals surface area contributed by atoms with E-state index in [4.69, 9.17) is 11.6 Å². The normalized spacial score (nSPS) is 17.4. The molecular formula is C15H17ClN2O3S4. The zero-order valence-electron chi connectivity index (χ0n) is 13.4. The highest BCUT2D eigenvalue weighted by Crippen LogP contribution is 2.29. The van der Waals surface area contributed by atoms with Crippen molar-refractivity contribution in [1.82, 2.24) is 9.62 Å². The van der Waals surface area contributed by atoms with Gasteiger partial charge in [-0.25, -0.2) is 8.42 Å². The lowest BCUT2D eigenvalue weighted by Gasteiger charge is -2.25. The van der Waals surface area contributed by atoms with Crippen molar-refractivity contribution in [3.8, 4) is 0 Å². The number of thioether (sulfide) groups is 1. The van der Waals surface area contributed by atoms with Gasteiger partial charge in [0.1, 0.15) is 9.77 Å². The predicted octanol–water partition coefficient (Wildman–Crippen LogP) is 3.69. The van der Waals surface area contributed by atoms with Gasteiger partial charge in [-0.1, -0.05) is 11.6 Å². The molecule has 0 radical (unpaired) electrons. The van der Waals surface area contributed by atoms with E-state index in [0.717, 1.165) is 27.7 Å². The van der Waals surface area contributed by atoms with Gasteiger partial charge in [-0.15, -0.1) is 22.7 Å². The lowest BCUT2D eigenvalue weighted by atomic mass is 10.2. The summed E-state index contributed by atoms with van der Waals surface area (Å²) >= 11 is 10.2. The number of hydrogen-bond acceptors (Lipinski definition) is 6. The molecule has 3 heterocycles. The Kier molecular flexibility index (Phi) is 6.12. The molecule has 136 valence electrons. The van der Waals surface area contributed by atoms with Gasteiger partial charge in [0.2, 0.25) is 10.0 Å². The maximum Gasteiger partial charge on any atom is 0.263 e. The average Bonchev–Trinajstić information content (AvgIpc) is 3.25. The maximum absolute atomic E-state index is 12.9. The van der Waals surface area contributed by atoms with Gasteiger partial charge < -0.3 is 5.32 Å². The second kappa shape index (κ2) is 7.98. The molecule has 1 atom stereocenters. The van der Waals surface area contributed by atoms with E-state index in [-0.39, 0.29) is 21.7 Å². The lowest BCUT2D eigenvalue weighted by Crippen LogP contribution is -2.38. The minimum absolute atomic E-state index is 0.0957. The summed E-state index contributed by atoms with van der Waals surface area (Å²) in [6.45, 7) is 2.81. The van der Waals surface area contributed by atoms with Crippen LogP contribution in [0.4, 0.5) is 0 Å². The fourth-order valence-corrected chi connectivity index (χ4v) is 7.43. The van der Waals surface area contributed by atoms with Crippen LogP contribution in [-0.2, 0) is 10.0 Å². The molecule has 0 spiro atoms. The quantitative estimate of drug-likeness (QED) is 0.776.